The lowest BCUT2D eigenvalue weighted by Gasteiger charge is -2.05. The largest absolute Gasteiger partial charge is 0.383 e. The molecule has 3 aromatic rings. The van der Waals surface area contributed by atoms with Crippen molar-refractivity contribution in [3.8, 4) is 23.5 Å². The van der Waals surface area contributed by atoms with E-state index in [1.165, 1.54) is 0 Å². The summed E-state index contributed by atoms with van der Waals surface area (Å²) in [7, 11) is 0. The molecule has 0 fully saturated rings. The molecule has 5 heteroatoms. The number of hydrogen-bond donors (Lipinski definition) is 1. The molecule has 24 heavy (non-hydrogen) atoms. The number of nitrogens with zero attached hydrogens (tertiary/aromatic N) is 3. The molecule has 0 aliphatic carbocycles. The van der Waals surface area contributed by atoms with E-state index in [1.54, 1.807) is 12.4 Å². The van der Waals surface area contributed by atoms with Crippen LogP contribution in [0.25, 0.3) is 11.1 Å². The normalized spacial score (nSPS) is 10.5. The first-order valence-corrected chi connectivity index (χ1v) is 7.58. The molecule has 0 atom stereocenters. The number of aromatic nitrogens is 3. The second-order valence-electron chi connectivity index (χ2n) is 5.38. The van der Waals surface area contributed by atoms with Crippen LogP contribution in [0.3, 0.4) is 0 Å². The molecule has 0 unspecified atom stereocenters. The fraction of sp³-hybridized carbons (Fsp3) is 0.158. The molecule has 2 N–H and O–H groups in total. The van der Waals surface area contributed by atoms with Crippen molar-refractivity contribution in [2.45, 2.75) is 13.2 Å². The van der Waals surface area contributed by atoms with E-state index in [4.69, 9.17) is 16.9 Å². The van der Waals surface area contributed by atoms with Gasteiger partial charge in [-0.25, -0.2) is 4.98 Å². The molecule has 0 amide bonds. The molecule has 2 aromatic heterocycles. The highest BCUT2D eigenvalue weighted by Crippen LogP contribution is 2.23. The van der Waals surface area contributed by atoms with Gasteiger partial charge in [0.15, 0.2) is 0 Å². The van der Waals surface area contributed by atoms with Gasteiger partial charge in [-0.3, -0.25) is 4.68 Å². The van der Waals surface area contributed by atoms with E-state index < -0.39 is 0 Å². The summed E-state index contributed by atoms with van der Waals surface area (Å²) >= 11 is 0. The predicted octanol–water partition coefficient (Wildman–Crippen LogP) is 2.73. The Morgan fingerprint density at radius 2 is 1.96 bits per heavy atom. The van der Waals surface area contributed by atoms with Gasteiger partial charge in [-0.05, 0) is 23.3 Å². The summed E-state index contributed by atoms with van der Waals surface area (Å²) in [6, 6.07) is 12.0. The third kappa shape index (κ3) is 3.80. The quantitative estimate of drug-likeness (QED) is 0.560. The van der Waals surface area contributed by atoms with Gasteiger partial charge < -0.3 is 10.5 Å². The van der Waals surface area contributed by atoms with Gasteiger partial charge in [-0.15, -0.1) is 6.42 Å². The van der Waals surface area contributed by atoms with Crippen molar-refractivity contribution in [1.29, 1.82) is 0 Å². The molecular weight excluding hydrogens is 300 g/mol. The number of ether oxygens (including phenoxy) is 1. The molecule has 5 nitrogen and oxygen atoms in total. The van der Waals surface area contributed by atoms with Crippen LogP contribution in [-0.2, 0) is 17.9 Å². The average molecular weight is 318 g/mol. The van der Waals surface area contributed by atoms with Crippen LogP contribution in [0.15, 0.2) is 55.0 Å². The number of nitrogen functional groups attached to an aromatic ring is 1. The minimum absolute atomic E-state index is 0.329. The second-order valence-corrected chi connectivity index (χ2v) is 5.38. The number of anilines is 1. The van der Waals surface area contributed by atoms with Crippen LogP contribution in [0.4, 0.5) is 5.82 Å². The third-order valence-corrected chi connectivity index (χ3v) is 3.60. The van der Waals surface area contributed by atoms with Crippen molar-refractivity contribution in [1.82, 2.24) is 14.8 Å². The van der Waals surface area contributed by atoms with Gasteiger partial charge in [0.05, 0.1) is 19.3 Å². The molecule has 3 rings (SSSR count). The SMILES string of the molecule is C#CCOCc1ccc(Cn2cc(-c3cccnc3N)cn2)cc1. The Hall–Kier alpha value is -3.10. The van der Waals surface area contributed by atoms with E-state index in [2.05, 4.69) is 28.1 Å². The number of nitrogens with two attached hydrogens (primary N) is 1. The van der Waals surface area contributed by atoms with Crippen LogP contribution >= 0.6 is 0 Å². The molecule has 0 aliphatic heterocycles. The maximum absolute atomic E-state index is 5.91. The predicted molar refractivity (Wildman–Crippen MR) is 93.9 cm³/mol. The Kier molecular flexibility index (Phi) is 4.90. The lowest BCUT2D eigenvalue weighted by Crippen LogP contribution is -2.00. The maximum Gasteiger partial charge on any atom is 0.131 e. The van der Waals surface area contributed by atoms with Crippen molar-refractivity contribution < 1.29 is 4.74 Å². The number of terminal acetylenes is 1. The lowest BCUT2D eigenvalue weighted by atomic mass is 10.1. The fourth-order valence-corrected chi connectivity index (χ4v) is 2.41. The Bertz CT molecular complexity index is 846. The highest BCUT2D eigenvalue weighted by Gasteiger charge is 2.06. The minimum atomic E-state index is 0.329. The van der Waals surface area contributed by atoms with Gasteiger partial charge in [0, 0.05) is 23.5 Å². The highest BCUT2D eigenvalue weighted by atomic mass is 16.5. The Balaban J connectivity index is 1.67. The van der Waals surface area contributed by atoms with Crippen LogP contribution in [-0.4, -0.2) is 21.4 Å². The molecule has 1 aromatic carbocycles. The average Bonchev–Trinajstić information content (AvgIpc) is 3.05. The van der Waals surface area contributed by atoms with E-state index in [9.17, 15) is 0 Å². The number of rotatable bonds is 6. The zero-order chi connectivity index (χ0) is 16.8. The van der Waals surface area contributed by atoms with Gasteiger partial charge in [0.2, 0.25) is 0 Å². The maximum atomic E-state index is 5.91. The van der Waals surface area contributed by atoms with Crippen LogP contribution in [0.2, 0.25) is 0 Å². The highest BCUT2D eigenvalue weighted by molar-refractivity contribution is 5.72. The van der Waals surface area contributed by atoms with Gasteiger partial charge in [-0.2, -0.15) is 5.10 Å². The number of pyridine rings is 1. The third-order valence-electron chi connectivity index (χ3n) is 3.60. The number of benzene rings is 1. The standard InChI is InChI=1S/C19H18N4O/c1-2-10-24-14-16-7-5-15(6-8-16)12-23-13-17(11-22-23)18-4-3-9-21-19(18)20/h1,3-9,11,13H,10,12,14H2,(H2,20,21). The van der Waals surface area contributed by atoms with Crippen molar-refractivity contribution in [3.63, 3.8) is 0 Å². The van der Waals surface area contributed by atoms with E-state index >= 15 is 0 Å². The van der Waals surface area contributed by atoms with Crippen molar-refractivity contribution in [2.24, 2.45) is 0 Å². The monoisotopic (exact) mass is 318 g/mol. The molecule has 0 spiro atoms. The molecule has 120 valence electrons. The molecule has 0 saturated carbocycles. The topological polar surface area (TPSA) is 66.0 Å². The summed E-state index contributed by atoms with van der Waals surface area (Å²) in [4.78, 5) is 4.11. The smallest absolute Gasteiger partial charge is 0.131 e. The molecular formula is C19H18N4O. The fourth-order valence-electron chi connectivity index (χ4n) is 2.41. The van der Waals surface area contributed by atoms with Crippen LogP contribution < -0.4 is 5.73 Å². The van der Waals surface area contributed by atoms with Crippen molar-refractivity contribution >= 4 is 5.82 Å². The summed E-state index contributed by atoms with van der Waals surface area (Å²) in [5.41, 5.74) is 10.0. The van der Waals surface area contributed by atoms with Gasteiger partial charge in [0.1, 0.15) is 12.4 Å². The van der Waals surface area contributed by atoms with Gasteiger partial charge in [-0.1, -0.05) is 30.2 Å². The first-order valence-electron chi connectivity index (χ1n) is 7.58. The molecule has 2 heterocycles. The summed E-state index contributed by atoms with van der Waals surface area (Å²) in [5, 5.41) is 4.40. The van der Waals surface area contributed by atoms with E-state index in [1.807, 2.05) is 35.1 Å². The van der Waals surface area contributed by atoms with Crippen LogP contribution in [0.5, 0.6) is 0 Å². The summed E-state index contributed by atoms with van der Waals surface area (Å²) < 4.78 is 7.20. The summed E-state index contributed by atoms with van der Waals surface area (Å²) in [6.45, 7) is 1.54. The van der Waals surface area contributed by atoms with E-state index in [0.717, 1.165) is 22.3 Å². The minimum Gasteiger partial charge on any atom is -0.383 e. The first-order chi connectivity index (χ1) is 11.8. The second kappa shape index (κ2) is 7.44. The van der Waals surface area contributed by atoms with Crippen LogP contribution in [0, 0.1) is 12.3 Å². The Morgan fingerprint density at radius 1 is 1.17 bits per heavy atom. The Morgan fingerprint density at radius 3 is 2.71 bits per heavy atom. The molecule has 0 saturated heterocycles. The van der Waals surface area contributed by atoms with Crippen molar-refractivity contribution in [3.05, 3.63) is 66.1 Å². The molecule has 0 aliphatic rings. The zero-order valence-corrected chi connectivity index (χ0v) is 13.2. The van der Waals surface area contributed by atoms with Crippen LogP contribution in [0.1, 0.15) is 11.1 Å². The first kappa shape index (κ1) is 15.8. The van der Waals surface area contributed by atoms with E-state index in [0.29, 0.717) is 25.6 Å². The Labute approximate surface area is 141 Å². The number of hydrogen-bond acceptors (Lipinski definition) is 4. The van der Waals surface area contributed by atoms with Gasteiger partial charge in [0.25, 0.3) is 0 Å². The lowest BCUT2D eigenvalue weighted by molar-refractivity contribution is 0.153. The van der Waals surface area contributed by atoms with Gasteiger partial charge >= 0.3 is 0 Å². The summed E-state index contributed by atoms with van der Waals surface area (Å²) in [5.74, 6) is 2.96. The molecule has 0 radical (unpaired) electrons. The zero-order valence-electron chi connectivity index (χ0n) is 13.2. The van der Waals surface area contributed by atoms with Crippen molar-refractivity contribution in [2.75, 3.05) is 12.3 Å². The summed E-state index contributed by atoms with van der Waals surface area (Å²) in [6.07, 6.45) is 10.6. The van der Waals surface area contributed by atoms with E-state index in [-0.39, 0.29) is 0 Å². The molecule has 0 bridgehead atoms.